The molecule has 2 rings (SSSR count). The molecule has 1 N–H and O–H groups in total. The summed E-state index contributed by atoms with van der Waals surface area (Å²) in [5.41, 5.74) is 1.04. The minimum Gasteiger partial charge on any atom is -0.316 e. The van der Waals surface area contributed by atoms with Crippen LogP contribution in [0, 0.1) is 0 Å². The zero-order valence-corrected chi connectivity index (χ0v) is 11.3. The van der Waals surface area contributed by atoms with E-state index in [0.29, 0.717) is 17.8 Å². The molecule has 3 nitrogen and oxygen atoms in total. The molecule has 1 aromatic carbocycles. The predicted molar refractivity (Wildman–Crippen MR) is 69.0 cm³/mol. The van der Waals surface area contributed by atoms with E-state index in [2.05, 4.69) is 26.3 Å². The lowest BCUT2D eigenvalue weighted by Gasteiger charge is -2.10. The number of hydrogen-bond acceptors (Lipinski definition) is 2. The van der Waals surface area contributed by atoms with Crippen LogP contribution in [0.25, 0.3) is 5.69 Å². The summed E-state index contributed by atoms with van der Waals surface area (Å²) in [7, 11) is 1.71. The van der Waals surface area contributed by atoms with Crippen molar-refractivity contribution in [2.45, 2.75) is 13.0 Å². The van der Waals surface area contributed by atoms with Crippen molar-refractivity contribution in [2.24, 2.45) is 0 Å². The Bertz CT molecular complexity index is 540. The van der Waals surface area contributed by atoms with Crippen molar-refractivity contribution in [3.63, 3.8) is 0 Å². The van der Waals surface area contributed by atoms with Gasteiger partial charge >= 0.3 is 0 Å². The molecule has 96 valence electrons. The predicted octanol–water partition coefficient (Wildman–Crippen LogP) is 3.29. The van der Waals surface area contributed by atoms with Crippen molar-refractivity contribution in [1.29, 1.82) is 0 Å². The summed E-state index contributed by atoms with van der Waals surface area (Å²) in [6.07, 6.45) is -1.10. The SMILES string of the molecule is CNCc1cnn(-c2ccccc2Br)c1C(F)F. The van der Waals surface area contributed by atoms with Gasteiger partial charge in [-0.05, 0) is 35.1 Å². The lowest BCUT2D eigenvalue weighted by molar-refractivity contribution is 0.141. The maximum atomic E-state index is 13.2. The maximum Gasteiger partial charge on any atom is 0.280 e. The third kappa shape index (κ3) is 2.44. The van der Waals surface area contributed by atoms with Gasteiger partial charge in [0.25, 0.3) is 6.43 Å². The van der Waals surface area contributed by atoms with Gasteiger partial charge < -0.3 is 5.32 Å². The second-order valence-corrected chi connectivity index (χ2v) is 4.60. The van der Waals surface area contributed by atoms with Gasteiger partial charge in [-0.25, -0.2) is 13.5 Å². The summed E-state index contributed by atoms with van der Waals surface area (Å²) in [6.45, 7) is 0.365. The molecule has 2 aromatic rings. The Morgan fingerprint density at radius 1 is 1.39 bits per heavy atom. The summed E-state index contributed by atoms with van der Waals surface area (Å²) in [5.74, 6) is 0. The Labute approximate surface area is 112 Å². The first-order chi connectivity index (χ1) is 8.65. The third-order valence-corrected chi connectivity index (χ3v) is 3.21. The number of rotatable bonds is 4. The van der Waals surface area contributed by atoms with E-state index in [1.54, 1.807) is 25.2 Å². The standard InChI is InChI=1S/C12H12BrF2N3/c1-16-6-8-7-17-18(11(8)12(14)15)10-5-3-2-4-9(10)13/h2-5,7,12,16H,6H2,1H3. The van der Waals surface area contributed by atoms with Gasteiger partial charge in [-0.15, -0.1) is 0 Å². The van der Waals surface area contributed by atoms with Crippen molar-refractivity contribution in [2.75, 3.05) is 7.05 Å². The quantitative estimate of drug-likeness (QED) is 0.938. The molecular weight excluding hydrogens is 304 g/mol. The Morgan fingerprint density at radius 2 is 2.11 bits per heavy atom. The first-order valence-corrected chi connectivity index (χ1v) is 6.19. The number of hydrogen-bond donors (Lipinski definition) is 1. The smallest absolute Gasteiger partial charge is 0.280 e. The Balaban J connectivity index is 2.55. The summed E-state index contributed by atoms with van der Waals surface area (Å²) in [5, 5.41) is 6.91. The molecule has 0 atom stereocenters. The molecule has 0 aliphatic rings. The van der Waals surface area contributed by atoms with Gasteiger partial charge in [0.2, 0.25) is 0 Å². The van der Waals surface area contributed by atoms with Gasteiger partial charge in [-0.2, -0.15) is 5.10 Å². The van der Waals surface area contributed by atoms with Gasteiger partial charge in [-0.1, -0.05) is 12.1 Å². The maximum absolute atomic E-state index is 13.2. The zero-order valence-electron chi connectivity index (χ0n) is 9.70. The zero-order chi connectivity index (χ0) is 13.1. The Kier molecular flexibility index (Phi) is 4.08. The summed E-state index contributed by atoms with van der Waals surface area (Å²) in [4.78, 5) is 0. The van der Waals surface area contributed by atoms with Crippen LogP contribution in [-0.2, 0) is 6.54 Å². The second-order valence-electron chi connectivity index (χ2n) is 3.75. The molecule has 1 heterocycles. The minimum absolute atomic E-state index is 0.0729. The van der Waals surface area contributed by atoms with Crippen LogP contribution < -0.4 is 5.32 Å². The average molecular weight is 316 g/mol. The van der Waals surface area contributed by atoms with E-state index in [1.165, 1.54) is 10.9 Å². The molecule has 18 heavy (non-hydrogen) atoms. The number of benzene rings is 1. The molecule has 0 amide bonds. The largest absolute Gasteiger partial charge is 0.316 e. The molecule has 0 spiro atoms. The molecule has 1 aromatic heterocycles. The molecule has 0 saturated heterocycles. The Morgan fingerprint density at radius 3 is 2.72 bits per heavy atom. The molecular formula is C12H12BrF2N3. The molecule has 6 heteroatoms. The highest BCUT2D eigenvalue weighted by molar-refractivity contribution is 9.10. The highest BCUT2D eigenvalue weighted by atomic mass is 79.9. The second kappa shape index (κ2) is 5.58. The number of halogens is 3. The average Bonchev–Trinajstić information content (AvgIpc) is 2.74. The summed E-state index contributed by atoms with van der Waals surface area (Å²) in [6, 6.07) is 7.15. The van der Waals surface area contributed by atoms with Gasteiger partial charge in [0, 0.05) is 16.6 Å². The van der Waals surface area contributed by atoms with E-state index in [1.807, 2.05) is 6.07 Å². The normalized spacial score (nSPS) is 11.2. The fourth-order valence-electron chi connectivity index (χ4n) is 1.77. The van der Waals surface area contributed by atoms with Crippen LogP contribution >= 0.6 is 15.9 Å². The highest BCUT2D eigenvalue weighted by Crippen LogP contribution is 2.28. The molecule has 0 aliphatic carbocycles. The molecule has 0 aliphatic heterocycles. The topological polar surface area (TPSA) is 29.9 Å². The molecule has 0 unspecified atom stereocenters. The molecule has 0 radical (unpaired) electrons. The van der Waals surface area contributed by atoms with Crippen molar-refractivity contribution in [3.05, 3.63) is 46.2 Å². The third-order valence-electron chi connectivity index (χ3n) is 2.54. The number of para-hydroxylation sites is 1. The number of nitrogens with one attached hydrogen (secondary N) is 1. The van der Waals surface area contributed by atoms with Crippen LogP contribution in [0.5, 0.6) is 0 Å². The number of aromatic nitrogens is 2. The molecule has 0 bridgehead atoms. The van der Waals surface area contributed by atoms with E-state index in [4.69, 9.17) is 0 Å². The van der Waals surface area contributed by atoms with Crippen LogP contribution in [0.1, 0.15) is 17.7 Å². The van der Waals surface area contributed by atoms with E-state index < -0.39 is 6.43 Å². The minimum atomic E-state index is -2.57. The van der Waals surface area contributed by atoms with Crippen LogP contribution in [0.4, 0.5) is 8.78 Å². The van der Waals surface area contributed by atoms with Crippen LogP contribution in [0.15, 0.2) is 34.9 Å². The first kappa shape index (κ1) is 13.2. The van der Waals surface area contributed by atoms with Crippen molar-refractivity contribution in [3.8, 4) is 5.69 Å². The van der Waals surface area contributed by atoms with Crippen molar-refractivity contribution in [1.82, 2.24) is 15.1 Å². The van der Waals surface area contributed by atoms with E-state index in [-0.39, 0.29) is 5.69 Å². The van der Waals surface area contributed by atoms with Crippen molar-refractivity contribution < 1.29 is 8.78 Å². The van der Waals surface area contributed by atoms with Gasteiger partial charge in [0.15, 0.2) is 0 Å². The number of alkyl halides is 2. The van der Waals surface area contributed by atoms with E-state index in [0.717, 1.165) is 4.47 Å². The van der Waals surface area contributed by atoms with E-state index in [9.17, 15) is 8.78 Å². The van der Waals surface area contributed by atoms with Gasteiger partial charge in [0.1, 0.15) is 5.69 Å². The fraction of sp³-hybridized carbons (Fsp3) is 0.250. The lowest BCUT2D eigenvalue weighted by atomic mass is 10.2. The van der Waals surface area contributed by atoms with Gasteiger partial charge in [-0.3, -0.25) is 0 Å². The fourth-order valence-corrected chi connectivity index (χ4v) is 2.22. The molecule has 0 fully saturated rings. The molecule has 0 saturated carbocycles. The van der Waals surface area contributed by atoms with Gasteiger partial charge in [0.05, 0.1) is 11.9 Å². The van der Waals surface area contributed by atoms with Crippen LogP contribution in [0.3, 0.4) is 0 Å². The van der Waals surface area contributed by atoms with Crippen LogP contribution in [-0.4, -0.2) is 16.8 Å². The number of nitrogens with zero attached hydrogens (tertiary/aromatic N) is 2. The van der Waals surface area contributed by atoms with E-state index >= 15 is 0 Å². The monoisotopic (exact) mass is 315 g/mol. The summed E-state index contributed by atoms with van der Waals surface area (Å²) < 4.78 is 28.3. The highest BCUT2D eigenvalue weighted by Gasteiger charge is 2.21. The summed E-state index contributed by atoms with van der Waals surface area (Å²) >= 11 is 3.34. The Hall–Kier alpha value is -1.27. The van der Waals surface area contributed by atoms with Crippen molar-refractivity contribution >= 4 is 15.9 Å². The first-order valence-electron chi connectivity index (χ1n) is 5.39. The van der Waals surface area contributed by atoms with Crippen LogP contribution in [0.2, 0.25) is 0 Å². The lowest BCUT2D eigenvalue weighted by Crippen LogP contribution is -2.09.